The largest absolute Gasteiger partial charge is 0.326 e. The molecule has 29 heavy (non-hydrogen) atoms. The van der Waals surface area contributed by atoms with Crippen molar-refractivity contribution in [3.05, 3.63) is 65.5 Å². The zero-order valence-corrected chi connectivity index (χ0v) is 17.8. The highest BCUT2D eigenvalue weighted by atomic mass is 32.2. The standard InChI is InChI=1S/C22H24N4O2S/c1-14(2)21(28)24-18-8-6-17(7-9-18)20(27)12-29-22-25-23-13-26(22)19-10-5-15(3)11-16(19)4/h5-11,13-14H,12H2,1-4H3,(H,24,28). The minimum Gasteiger partial charge on any atom is -0.326 e. The average Bonchev–Trinajstić information content (AvgIpc) is 3.15. The highest BCUT2D eigenvalue weighted by Gasteiger charge is 2.13. The van der Waals surface area contributed by atoms with E-state index in [4.69, 9.17) is 0 Å². The Hall–Kier alpha value is -2.93. The van der Waals surface area contributed by atoms with Crippen molar-refractivity contribution in [2.75, 3.05) is 11.1 Å². The highest BCUT2D eigenvalue weighted by Crippen LogP contribution is 2.23. The second kappa shape index (κ2) is 9.05. The molecule has 0 bridgehead atoms. The quantitative estimate of drug-likeness (QED) is 0.462. The first kappa shape index (κ1) is 20.8. The van der Waals surface area contributed by atoms with E-state index in [2.05, 4.69) is 28.5 Å². The number of amides is 1. The van der Waals surface area contributed by atoms with Gasteiger partial charge in [-0.1, -0.05) is 43.3 Å². The summed E-state index contributed by atoms with van der Waals surface area (Å²) >= 11 is 1.35. The van der Waals surface area contributed by atoms with E-state index < -0.39 is 0 Å². The van der Waals surface area contributed by atoms with Gasteiger partial charge < -0.3 is 5.32 Å². The van der Waals surface area contributed by atoms with Crippen LogP contribution in [-0.4, -0.2) is 32.2 Å². The fourth-order valence-corrected chi connectivity index (χ4v) is 3.62. The summed E-state index contributed by atoms with van der Waals surface area (Å²) in [6.07, 6.45) is 1.66. The number of rotatable bonds is 7. The fourth-order valence-electron chi connectivity index (χ4n) is 2.80. The van der Waals surface area contributed by atoms with Gasteiger partial charge in [0.25, 0.3) is 0 Å². The van der Waals surface area contributed by atoms with Gasteiger partial charge in [-0.3, -0.25) is 14.2 Å². The number of thioether (sulfide) groups is 1. The molecule has 0 atom stereocenters. The van der Waals surface area contributed by atoms with Gasteiger partial charge >= 0.3 is 0 Å². The summed E-state index contributed by atoms with van der Waals surface area (Å²) in [6, 6.07) is 13.1. The van der Waals surface area contributed by atoms with Crippen molar-refractivity contribution in [2.45, 2.75) is 32.9 Å². The van der Waals surface area contributed by atoms with Crippen molar-refractivity contribution >= 4 is 29.1 Å². The Labute approximate surface area is 174 Å². The minimum absolute atomic E-state index is 0.00749. The highest BCUT2D eigenvalue weighted by molar-refractivity contribution is 7.99. The summed E-state index contributed by atoms with van der Waals surface area (Å²) in [6.45, 7) is 7.76. The molecule has 3 rings (SSSR count). The third-order valence-corrected chi connectivity index (χ3v) is 5.40. The van der Waals surface area contributed by atoms with Crippen LogP contribution in [0.25, 0.3) is 5.69 Å². The number of anilines is 1. The number of carbonyl (C=O) groups is 2. The molecule has 3 aromatic rings. The number of hydrogen-bond donors (Lipinski definition) is 1. The van der Waals surface area contributed by atoms with Gasteiger partial charge in [-0.25, -0.2) is 0 Å². The number of ketones is 1. The molecule has 1 amide bonds. The van der Waals surface area contributed by atoms with Gasteiger partial charge in [0.1, 0.15) is 6.33 Å². The maximum absolute atomic E-state index is 12.6. The van der Waals surface area contributed by atoms with Crippen LogP contribution in [0.3, 0.4) is 0 Å². The number of nitrogens with one attached hydrogen (secondary N) is 1. The second-order valence-corrected chi connectivity index (χ2v) is 8.15. The van der Waals surface area contributed by atoms with Crippen LogP contribution in [0.1, 0.15) is 35.3 Å². The molecule has 1 heterocycles. The normalized spacial score (nSPS) is 10.9. The first-order valence-corrected chi connectivity index (χ1v) is 10.4. The van der Waals surface area contributed by atoms with Crippen molar-refractivity contribution in [2.24, 2.45) is 5.92 Å². The third kappa shape index (κ3) is 5.12. The van der Waals surface area contributed by atoms with E-state index >= 15 is 0 Å². The van der Waals surface area contributed by atoms with Crippen molar-refractivity contribution < 1.29 is 9.59 Å². The maximum Gasteiger partial charge on any atom is 0.226 e. The van der Waals surface area contributed by atoms with Crippen LogP contribution in [0.4, 0.5) is 5.69 Å². The lowest BCUT2D eigenvalue weighted by Crippen LogP contribution is -2.17. The lowest BCUT2D eigenvalue weighted by Gasteiger charge is -2.10. The number of aromatic nitrogens is 3. The molecule has 0 aliphatic carbocycles. The molecule has 7 heteroatoms. The molecular formula is C22H24N4O2S. The van der Waals surface area contributed by atoms with Crippen molar-refractivity contribution in [3.63, 3.8) is 0 Å². The molecule has 0 unspecified atom stereocenters. The molecule has 0 saturated carbocycles. The lowest BCUT2D eigenvalue weighted by atomic mass is 10.1. The first-order valence-electron chi connectivity index (χ1n) is 9.39. The topological polar surface area (TPSA) is 76.9 Å². The smallest absolute Gasteiger partial charge is 0.226 e. The number of hydrogen-bond acceptors (Lipinski definition) is 5. The Bertz CT molecular complexity index is 1030. The Kier molecular flexibility index (Phi) is 6.49. The molecule has 1 aromatic heterocycles. The SMILES string of the molecule is Cc1ccc(-n2cnnc2SCC(=O)c2ccc(NC(=O)C(C)C)cc2)c(C)c1. The van der Waals surface area contributed by atoms with Gasteiger partial charge in [0.05, 0.1) is 11.4 Å². The van der Waals surface area contributed by atoms with E-state index in [0.717, 1.165) is 11.3 Å². The Morgan fingerprint density at radius 3 is 2.48 bits per heavy atom. The number of aryl methyl sites for hydroxylation is 2. The van der Waals surface area contributed by atoms with Gasteiger partial charge in [0, 0.05) is 17.2 Å². The third-order valence-electron chi connectivity index (χ3n) is 4.46. The van der Waals surface area contributed by atoms with Crippen LogP contribution < -0.4 is 5.32 Å². The maximum atomic E-state index is 12.6. The summed E-state index contributed by atoms with van der Waals surface area (Å²) in [4.78, 5) is 24.3. The van der Waals surface area contributed by atoms with E-state index in [1.807, 2.05) is 37.5 Å². The van der Waals surface area contributed by atoms with Gasteiger partial charge in [-0.05, 0) is 49.7 Å². The lowest BCUT2D eigenvalue weighted by molar-refractivity contribution is -0.118. The van der Waals surface area contributed by atoms with E-state index in [1.54, 1.807) is 30.6 Å². The number of benzene rings is 2. The summed E-state index contributed by atoms with van der Waals surface area (Å²) in [7, 11) is 0. The molecule has 150 valence electrons. The molecule has 0 fully saturated rings. The Morgan fingerprint density at radius 1 is 1.10 bits per heavy atom. The molecule has 0 aliphatic rings. The monoisotopic (exact) mass is 408 g/mol. The summed E-state index contributed by atoms with van der Waals surface area (Å²) in [5, 5.41) is 11.7. The Balaban J connectivity index is 1.66. The number of nitrogens with zero attached hydrogens (tertiary/aromatic N) is 3. The van der Waals surface area contributed by atoms with Crippen molar-refractivity contribution in [3.8, 4) is 5.69 Å². The zero-order valence-electron chi connectivity index (χ0n) is 17.0. The average molecular weight is 409 g/mol. The van der Waals surface area contributed by atoms with Crippen LogP contribution in [0, 0.1) is 19.8 Å². The van der Waals surface area contributed by atoms with E-state index in [9.17, 15) is 9.59 Å². The summed E-state index contributed by atoms with van der Waals surface area (Å²) < 4.78 is 1.90. The van der Waals surface area contributed by atoms with E-state index in [1.165, 1.54) is 17.3 Å². The molecule has 0 saturated heterocycles. The second-order valence-electron chi connectivity index (χ2n) is 7.21. The van der Waals surface area contributed by atoms with Crippen LogP contribution in [-0.2, 0) is 4.79 Å². The molecule has 1 N–H and O–H groups in total. The number of carbonyl (C=O) groups excluding carboxylic acids is 2. The summed E-state index contributed by atoms with van der Waals surface area (Å²) in [5.74, 6) is 0.0981. The first-order chi connectivity index (χ1) is 13.8. The number of Topliss-reactive ketones (excluding diaryl/α,β-unsaturated/α-hetero) is 1. The van der Waals surface area contributed by atoms with E-state index in [-0.39, 0.29) is 23.4 Å². The van der Waals surface area contributed by atoms with Gasteiger partial charge in [0.2, 0.25) is 5.91 Å². The van der Waals surface area contributed by atoms with Gasteiger partial charge in [0.15, 0.2) is 10.9 Å². The van der Waals surface area contributed by atoms with Crippen molar-refractivity contribution in [1.82, 2.24) is 14.8 Å². The molecule has 2 aromatic carbocycles. The Morgan fingerprint density at radius 2 is 1.83 bits per heavy atom. The van der Waals surface area contributed by atoms with Crippen LogP contribution >= 0.6 is 11.8 Å². The summed E-state index contributed by atoms with van der Waals surface area (Å²) in [5.41, 5.74) is 4.59. The predicted octanol–water partition coefficient (Wildman–Crippen LogP) is 4.45. The predicted molar refractivity (Wildman–Crippen MR) is 116 cm³/mol. The molecule has 0 spiro atoms. The van der Waals surface area contributed by atoms with Crippen LogP contribution in [0.2, 0.25) is 0 Å². The zero-order chi connectivity index (χ0) is 21.0. The van der Waals surface area contributed by atoms with Crippen molar-refractivity contribution in [1.29, 1.82) is 0 Å². The molecule has 0 aliphatic heterocycles. The van der Waals surface area contributed by atoms with E-state index in [0.29, 0.717) is 16.4 Å². The molecule has 0 radical (unpaired) electrons. The molecule has 6 nitrogen and oxygen atoms in total. The fraction of sp³-hybridized carbons (Fsp3) is 0.273. The minimum atomic E-state index is -0.0952. The molecular weight excluding hydrogens is 384 g/mol. The van der Waals surface area contributed by atoms with Gasteiger partial charge in [-0.15, -0.1) is 10.2 Å². The van der Waals surface area contributed by atoms with Crippen LogP contribution in [0.15, 0.2) is 53.9 Å². The van der Waals surface area contributed by atoms with Crippen LogP contribution in [0.5, 0.6) is 0 Å². The van der Waals surface area contributed by atoms with Gasteiger partial charge in [-0.2, -0.15) is 0 Å².